The molecule has 94 valence electrons. The number of amides is 1. The van der Waals surface area contributed by atoms with Crippen molar-refractivity contribution in [3.8, 4) is 11.5 Å². The van der Waals surface area contributed by atoms with Crippen molar-refractivity contribution in [2.24, 2.45) is 0 Å². The fourth-order valence-corrected chi connectivity index (χ4v) is 2.23. The van der Waals surface area contributed by atoms with E-state index in [-0.39, 0.29) is 17.4 Å². The molecule has 0 aliphatic carbocycles. The first-order valence-corrected chi connectivity index (χ1v) is 6.42. The fourth-order valence-electron chi connectivity index (χ4n) is 1.52. The number of carbonyl (C=O) groups excluding carboxylic acids is 1. The predicted octanol–water partition coefficient (Wildman–Crippen LogP) is 2.13. The number of hydrogen-bond acceptors (Lipinski definition) is 4. The monoisotopic (exact) mass is 263 g/mol. The van der Waals surface area contributed by atoms with Crippen molar-refractivity contribution in [3.05, 3.63) is 46.2 Å². The van der Waals surface area contributed by atoms with E-state index in [4.69, 9.17) is 5.11 Å². The molecule has 0 saturated carbocycles. The smallest absolute Gasteiger partial charge is 0.251 e. The van der Waals surface area contributed by atoms with Crippen molar-refractivity contribution in [2.45, 2.75) is 6.42 Å². The number of carbonyl (C=O) groups is 1. The lowest BCUT2D eigenvalue weighted by molar-refractivity contribution is 0.0953. The summed E-state index contributed by atoms with van der Waals surface area (Å²) >= 11 is 1.62. The van der Waals surface area contributed by atoms with E-state index in [1.165, 1.54) is 23.8 Å². The van der Waals surface area contributed by atoms with Crippen LogP contribution in [0.25, 0.3) is 0 Å². The van der Waals surface area contributed by atoms with Gasteiger partial charge in [0.15, 0.2) is 11.5 Å². The second-order valence-corrected chi connectivity index (χ2v) is 4.62. The summed E-state index contributed by atoms with van der Waals surface area (Å²) in [5.74, 6) is -0.786. The van der Waals surface area contributed by atoms with Gasteiger partial charge in [0.05, 0.1) is 0 Å². The van der Waals surface area contributed by atoms with Gasteiger partial charge in [-0.15, -0.1) is 0 Å². The Labute approximate surface area is 109 Å². The molecule has 0 spiro atoms. The Bertz CT molecular complexity index is 537. The first-order valence-electron chi connectivity index (χ1n) is 5.48. The molecule has 2 rings (SSSR count). The van der Waals surface area contributed by atoms with Crippen LogP contribution in [0.2, 0.25) is 0 Å². The minimum atomic E-state index is -0.291. The topological polar surface area (TPSA) is 69.6 Å². The van der Waals surface area contributed by atoms with Crippen molar-refractivity contribution in [1.29, 1.82) is 0 Å². The van der Waals surface area contributed by atoms with Gasteiger partial charge in [0.1, 0.15) is 0 Å². The van der Waals surface area contributed by atoms with Gasteiger partial charge in [-0.3, -0.25) is 4.79 Å². The second kappa shape index (κ2) is 5.55. The molecular weight excluding hydrogens is 250 g/mol. The Morgan fingerprint density at radius 1 is 1.22 bits per heavy atom. The normalized spacial score (nSPS) is 10.2. The molecular formula is C13H13NO3S. The lowest BCUT2D eigenvalue weighted by Gasteiger charge is -2.05. The van der Waals surface area contributed by atoms with E-state index in [2.05, 4.69) is 5.32 Å². The third-order valence-electron chi connectivity index (χ3n) is 2.52. The lowest BCUT2D eigenvalue weighted by atomic mass is 10.2. The summed E-state index contributed by atoms with van der Waals surface area (Å²) in [6.07, 6.45) is 0.777. The molecule has 4 nitrogen and oxygen atoms in total. The molecule has 18 heavy (non-hydrogen) atoms. The van der Waals surface area contributed by atoms with Crippen LogP contribution < -0.4 is 5.32 Å². The Balaban J connectivity index is 1.89. The molecule has 1 aromatic carbocycles. The first-order chi connectivity index (χ1) is 8.66. The highest BCUT2D eigenvalue weighted by Crippen LogP contribution is 2.24. The lowest BCUT2D eigenvalue weighted by Crippen LogP contribution is -2.25. The van der Waals surface area contributed by atoms with Crippen LogP contribution in [0, 0.1) is 0 Å². The summed E-state index contributed by atoms with van der Waals surface area (Å²) < 4.78 is 0. The van der Waals surface area contributed by atoms with Crippen LogP contribution in [-0.4, -0.2) is 22.7 Å². The maximum Gasteiger partial charge on any atom is 0.251 e. The Morgan fingerprint density at radius 3 is 2.72 bits per heavy atom. The number of benzene rings is 1. The van der Waals surface area contributed by atoms with Crippen LogP contribution in [0.4, 0.5) is 0 Å². The third-order valence-corrected chi connectivity index (χ3v) is 3.25. The number of nitrogens with one attached hydrogen (secondary N) is 1. The molecule has 3 N–H and O–H groups in total. The average Bonchev–Trinajstić information content (AvgIpc) is 2.85. The van der Waals surface area contributed by atoms with Crippen molar-refractivity contribution in [1.82, 2.24) is 5.32 Å². The van der Waals surface area contributed by atoms with Gasteiger partial charge in [0, 0.05) is 12.1 Å². The van der Waals surface area contributed by atoms with Crippen molar-refractivity contribution in [3.63, 3.8) is 0 Å². The van der Waals surface area contributed by atoms with Gasteiger partial charge in [0.25, 0.3) is 5.91 Å². The molecule has 0 bridgehead atoms. The number of rotatable bonds is 4. The maximum atomic E-state index is 11.7. The van der Waals surface area contributed by atoms with Gasteiger partial charge in [-0.25, -0.2) is 0 Å². The fraction of sp³-hybridized carbons (Fsp3) is 0.154. The zero-order chi connectivity index (χ0) is 13.0. The quantitative estimate of drug-likeness (QED) is 0.740. The Hall–Kier alpha value is -2.01. The van der Waals surface area contributed by atoms with Gasteiger partial charge in [-0.1, -0.05) is 0 Å². The van der Waals surface area contributed by atoms with Crippen LogP contribution in [0.3, 0.4) is 0 Å². The molecule has 0 fully saturated rings. The predicted molar refractivity (Wildman–Crippen MR) is 70.1 cm³/mol. The Morgan fingerprint density at radius 2 is 2.06 bits per heavy atom. The van der Waals surface area contributed by atoms with Crippen LogP contribution in [-0.2, 0) is 6.42 Å². The van der Waals surface area contributed by atoms with E-state index in [0.717, 1.165) is 6.42 Å². The summed E-state index contributed by atoms with van der Waals surface area (Å²) in [6, 6.07) is 6.02. The minimum Gasteiger partial charge on any atom is -0.504 e. The minimum absolute atomic E-state index is 0.232. The first kappa shape index (κ1) is 12.4. The number of aromatic hydroxyl groups is 2. The van der Waals surface area contributed by atoms with E-state index in [1.807, 2.05) is 16.8 Å². The van der Waals surface area contributed by atoms with Crippen LogP contribution >= 0.6 is 11.3 Å². The highest BCUT2D eigenvalue weighted by Gasteiger charge is 2.08. The molecule has 1 amide bonds. The van der Waals surface area contributed by atoms with Crippen molar-refractivity contribution < 1.29 is 15.0 Å². The van der Waals surface area contributed by atoms with E-state index >= 15 is 0 Å². The molecule has 0 radical (unpaired) electrons. The van der Waals surface area contributed by atoms with Gasteiger partial charge >= 0.3 is 0 Å². The highest BCUT2D eigenvalue weighted by molar-refractivity contribution is 7.07. The van der Waals surface area contributed by atoms with E-state index < -0.39 is 0 Å². The largest absolute Gasteiger partial charge is 0.504 e. The zero-order valence-corrected chi connectivity index (χ0v) is 10.4. The van der Waals surface area contributed by atoms with E-state index in [0.29, 0.717) is 12.1 Å². The molecule has 0 unspecified atom stereocenters. The van der Waals surface area contributed by atoms with Crippen molar-refractivity contribution >= 4 is 17.2 Å². The molecule has 1 heterocycles. The SMILES string of the molecule is O=C(NCCc1ccsc1)c1ccc(O)c(O)c1. The van der Waals surface area contributed by atoms with Crippen molar-refractivity contribution in [2.75, 3.05) is 6.54 Å². The standard InChI is InChI=1S/C13H13NO3S/c15-11-2-1-10(7-12(11)16)13(17)14-5-3-9-4-6-18-8-9/h1-2,4,6-8,15-16H,3,5H2,(H,14,17). The highest BCUT2D eigenvalue weighted by atomic mass is 32.1. The number of thiophene rings is 1. The molecule has 5 heteroatoms. The average molecular weight is 263 g/mol. The van der Waals surface area contributed by atoms with Gasteiger partial charge in [-0.05, 0) is 47.0 Å². The molecule has 1 aromatic heterocycles. The molecule has 0 saturated heterocycles. The van der Waals surface area contributed by atoms with Crippen LogP contribution in [0.15, 0.2) is 35.0 Å². The molecule has 0 aliphatic heterocycles. The maximum absolute atomic E-state index is 11.7. The number of hydrogen-bond donors (Lipinski definition) is 3. The molecule has 0 atom stereocenters. The third kappa shape index (κ3) is 3.01. The van der Waals surface area contributed by atoms with Gasteiger partial charge in [0.2, 0.25) is 0 Å². The summed E-state index contributed by atoms with van der Waals surface area (Å²) in [5, 5.41) is 25.2. The molecule has 0 aliphatic rings. The molecule has 2 aromatic rings. The Kier molecular flexibility index (Phi) is 3.84. The van der Waals surface area contributed by atoms with Crippen LogP contribution in [0.5, 0.6) is 11.5 Å². The number of phenolic OH excluding ortho intramolecular Hbond substituents is 2. The van der Waals surface area contributed by atoms with E-state index in [1.54, 1.807) is 11.3 Å². The summed E-state index contributed by atoms with van der Waals surface area (Å²) in [4.78, 5) is 11.7. The summed E-state index contributed by atoms with van der Waals surface area (Å²) in [5.41, 5.74) is 1.52. The van der Waals surface area contributed by atoms with Gasteiger partial charge < -0.3 is 15.5 Å². The number of phenols is 2. The zero-order valence-electron chi connectivity index (χ0n) is 9.59. The second-order valence-electron chi connectivity index (χ2n) is 3.84. The van der Waals surface area contributed by atoms with Gasteiger partial charge in [-0.2, -0.15) is 11.3 Å². The van der Waals surface area contributed by atoms with Crippen LogP contribution in [0.1, 0.15) is 15.9 Å². The summed E-state index contributed by atoms with van der Waals surface area (Å²) in [7, 11) is 0. The van der Waals surface area contributed by atoms with E-state index in [9.17, 15) is 9.90 Å². The summed E-state index contributed by atoms with van der Waals surface area (Å²) in [6.45, 7) is 0.539.